The molecule has 0 radical (unpaired) electrons. The van der Waals surface area contributed by atoms with E-state index >= 15 is 0 Å². The van der Waals surface area contributed by atoms with Crippen molar-refractivity contribution < 1.29 is 0 Å². The van der Waals surface area contributed by atoms with Gasteiger partial charge in [-0.1, -0.05) is 106 Å². The van der Waals surface area contributed by atoms with Crippen LogP contribution in [-0.2, 0) is 5.41 Å². The van der Waals surface area contributed by atoms with Crippen molar-refractivity contribution in [2.75, 3.05) is 4.90 Å². The lowest BCUT2D eigenvalue weighted by atomic mass is 9.82. The first kappa shape index (κ1) is 21.9. The second kappa shape index (κ2) is 8.57. The maximum Gasteiger partial charge on any atom is 0.0417 e. The maximum absolute atomic E-state index is 2.60. The van der Waals surface area contributed by atoms with E-state index in [0.29, 0.717) is 12.0 Å². The molecular formula is C34H33N. The number of nitrogens with zero attached hydrogens (tertiary/aromatic N) is 1. The highest BCUT2D eigenvalue weighted by atomic mass is 15.2. The Bertz CT molecular complexity index is 1380. The second-order valence-electron chi connectivity index (χ2n) is 10.7. The number of allylic oxidation sites excluding steroid dienone is 1. The molecule has 1 heteroatoms. The summed E-state index contributed by atoms with van der Waals surface area (Å²) in [5.41, 5.74) is 10.7. The predicted octanol–water partition coefficient (Wildman–Crippen LogP) is 9.15. The van der Waals surface area contributed by atoms with Gasteiger partial charge in [-0.2, -0.15) is 0 Å². The van der Waals surface area contributed by atoms with Crippen molar-refractivity contribution in [3.8, 4) is 22.3 Å². The highest BCUT2D eigenvalue weighted by molar-refractivity contribution is 5.83. The molecule has 174 valence electrons. The molecule has 2 aliphatic carbocycles. The van der Waals surface area contributed by atoms with Crippen LogP contribution in [0.2, 0.25) is 0 Å². The summed E-state index contributed by atoms with van der Waals surface area (Å²) in [6.07, 6.45) is 6.91. The molecule has 1 nitrogen and oxygen atoms in total. The van der Waals surface area contributed by atoms with Crippen molar-refractivity contribution in [2.45, 2.75) is 45.1 Å². The van der Waals surface area contributed by atoms with Crippen LogP contribution >= 0.6 is 0 Å². The summed E-state index contributed by atoms with van der Waals surface area (Å²) in [6.45, 7) is 7.13. The highest BCUT2D eigenvalue weighted by Gasteiger charge is 2.36. The zero-order chi connectivity index (χ0) is 24.0. The van der Waals surface area contributed by atoms with Gasteiger partial charge >= 0.3 is 0 Å². The lowest BCUT2D eigenvalue weighted by Gasteiger charge is -2.39. The molecule has 2 aliphatic rings. The van der Waals surface area contributed by atoms with Gasteiger partial charge in [-0.25, -0.2) is 0 Å². The Hall–Kier alpha value is -3.58. The fourth-order valence-corrected chi connectivity index (χ4v) is 6.12. The predicted molar refractivity (Wildman–Crippen MR) is 149 cm³/mol. The molecule has 0 aliphatic heterocycles. The number of fused-ring (bicyclic) bond motifs is 3. The summed E-state index contributed by atoms with van der Waals surface area (Å²) in [7, 11) is 0. The molecule has 0 bridgehead atoms. The third-order valence-electron chi connectivity index (χ3n) is 8.14. The van der Waals surface area contributed by atoms with Gasteiger partial charge in [0.2, 0.25) is 0 Å². The minimum atomic E-state index is 0.00283. The molecule has 1 unspecified atom stereocenters. The first-order valence-electron chi connectivity index (χ1n) is 12.9. The van der Waals surface area contributed by atoms with Gasteiger partial charge in [0.25, 0.3) is 0 Å². The SMILES string of the molecule is C[C@H]1CC=CCC1N(c1ccc(-c2ccccc2)cc1)c1ccc2c(c1)C(C)(C)c1ccccc1-2. The molecule has 4 aromatic carbocycles. The van der Waals surface area contributed by atoms with Crippen molar-refractivity contribution in [3.63, 3.8) is 0 Å². The Morgan fingerprint density at radius 3 is 2.03 bits per heavy atom. The van der Waals surface area contributed by atoms with E-state index in [-0.39, 0.29) is 5.41 Å². The number of anilines is 2. The van der Waals surface area contributed by atoms with Crippen LogP contribution in [0.1, 0.15) is 44.7 Å². The number of hydrogen-bond donors (Lipinski definition) is 0. The van der Waals surface area contributed by atoms with Crippen LogP contribution in [0.25, 0.3) is 22.3 Å². The topological polar surface area (TPSA) is 3.24 Å². The molecular weight excluding hydrogens is 422 g/mol. The molecule has 2 atom stereocenters. The van der Waals surface area contributed by atoms with Gasteiger partial charge in [0.15, 0.2) is 0 Å². The van der Waals surface area contributed by atoms with Crippen molar-refractivity contribution >= 4 is 11.4 Å². The number of benzene rings is 4. The van der Waals surface area contributed by atoms with Crippen molar-refractivity contribution in [3.05, 3.63) is 120 Å². The van der Waals surface area contributed by atoms with Crippen molar-refractivity contribution in [1.82, 2.24) is 0 Å². The number of rotatable bonds is 4. The second-order valence-corrected chi connectivity index (χ2v) is 10.7. The van der Waals surface area contributed by atoms with Gasteiger partial charge in [-0.05, 0) is 76.4 Å². The Labute approximate surface area is 209 Å². The monoisotopic (exact) mass is 455 g/mol. The molecule has 0 saturated heterocycles. The van der Waals surface area contributed by atoms with Crippen molar-refractivity contribution in [2.24, 2.45) is 5.92 Å². The van der Waals surface area contributed by atoms with Gasteiger partial charge in [0.1, 0.15) is 0 Å². The minimum absolute atomic E-state index is 0.00283. The molecule has 0 aromatic heterocycles. The highest BCUT2D eigenvalue weighted by Crippen LogP contribution is 2.50. The average Bonchev–Trinajstić information content (AvgIpc) is 3.13. The Morgan fingerprint density at radius 1 is 0.629 bits per heavy atom. The fraction of sp³-hybridized carbons (Fsp3) is 0.235. The molecule has 0 heterocycles. The van der Waals surface area contributed by atoms with E-state index in [1.54, 1.807) is 0 Å². The molecule has 0 saturated carbocycles. The smallest absolute Gasteiger partial charge is 0.0417 e. The lowest BCUT2D eigenvalue weighted by Crippen LogP contribution is -2.37. The molecule has 0 fully saturated rings. The largest absolute Gasteiger partial charge is 0.338 e. The van der Waals surface area contributed by atoms with Crippen LogP contribution in [0.5, 0.6) is 0 Å². The minimum Gasteiger partial charge on any atom is -0.338 e. The van der Waals surface area contributed by atoms with Crippen LogP contribution in [0, 0.1) is 5.92 Å². The Kier molecular flexibility index (Phi) is 5.37. The Morgan fingerprint density at radius 2 is 1.26 bits per heavy atom. The summed E-state index contributed by atoms with van der Waals surface area (Å²) >= 11 is 0. The number of hydrogen-bond acceptors (Lipinski definition) is 1. The average molecular weight is 456 g/mol. The first-order valence-corrected chi connectivity index (χ1v) is 12.9. The zero-order valence-corrected chi connectivity index (χ0v) is 20.9. The van der Waals surface area contributed by atoms with Gasteiger partial charge < -0.3 is 4.90 Å². The third kappa shape index (κ3) is 3.71. The van der Waals surface area contributed by atoms with E-state index < -0.39 is 0 Å². The molecule has 0 amide bonds. The molecule has 4 aromatic rings. The van der Waals surface area contributed by atoms with Crippen molar-refractivity contribution in [1.29, 1.82) is 0 Å². The van der Waals surface area contributed by atoms with Crippen LogP contribution < -0.4 is 4.90 Å². The first-order chi connectivity index (χ1) is 17.0. The van der Waals surface area contributed by atoms with Gasteiger partial charge in [-0.15, -0.1) is 0 Å². The maximum atomic E-state index is 2.60. The summed E-state index contributed by atoms with van der Waals surface area (Å²) in [5.74, 6) is 0.590. The Balaban J connectivity index is 1.45. The van der Waals surface area contributed by atoms with Crippen LogP contribution in [0.4, 0.5) is 11.4 Å². The summed E-state index contributed by atoms with van der Waals surface area (Å²) in [5, 5.41) is 0. The van der Waals surface area contributed by atoms with E-state index in [2.05, 4.69) is 135 Å². The van der Waals surface area contributed by atoms with E-state index in [4.69, 9.17) is 0 Å². The van der Waals surface area contributed by atoms with E-state index in [1.807, 2.05) is 0 Å². The summed E-state index contributed by atoms with van der Waals surface area (Å²) in [4.78, 5) is 2.60. The molecule has 35 heavy (non-hydrogen) atoms. The van der Waals surface area contributed by atoms with E-state index in [0.717, 1.165) is 12.8 Å². The van der Waals surface area contributed by atoms with E-state index in [1.165, 1.54) is 44.8 Å². The van der Waals surface area contributed by atoms with Gasteiger partial charge in [-0.3, -0.25) is 0 Å². The van der Waals surface area contributed by atoms with E-state index in [9.17, 15) is 0 Å². The lowest BCUT2D eigenvalue weighted by molar-refractivity contribution is 0.439. The summed E-state index contributed by atoms with van der Waals surface area (Å²) in [6, 6.07) is 36.3. The molecule has 6 rings (SSSR count). The van der Waals surface area contributed by atoms with Gasteiger partial charge in [0.05, 0.1) is 0 Å². The van der Waals surface area contributed by atoms with Crippen LogP contribution in [0.15, 0.2) is 109 Å². The normalized spacial score (nSPS) is 19.7. The molecule has 0 spiro atoms. The molecule has 0 N–H and O–H groups in total. The zero-order valence-electron chi connectivity index (χ0n) is 20.9. The third-order valence-corrected chi connectivity index (χ3v) is 8.14. The van der Waals surface area contributed by atoms with Gasteiger partial charge in [0, 0.05) is 22.8 Å². The quantitative estimate of drug-likeness (QED) is 0.277. The standard InChI is InChI=1S/C34H33N/c1-24-11-7-10-16-33(24)35(27-19-17-26(18-20-27)25-12-5-4-6-13-25)28-21-22-30-29-14-8-9-15-31(29)34(2,3)32(30)23-28/h4-10,12-15,17-24,33H,11,16H2,1-3H3/t24-,33?/m0/s1. The fourth-order valence-electron chi connectivity index (χ4n) is 6.12. The van der Waals surface area contributed by atoms with Crippen LogP contribution in [-0.4, -0.2) is 6.04 Å². The summed E-state index contributed by atoms with van der Waals surface area (Å²) < 4.78 is 0. The van der Waals surface area contributed by atoms with Crippen LogP contribution in [0.3, 0.4) is 0 Å².